The molecule has 0 atom stereocenters. The Balaban J connectivity index is 3.13. The van der Waals surface area contributed by atoms with Crippen molar-refractivity contribution in [2.24, 2.45) is 5.73 Å². The van der Waals surface area contributed by atoms with Crippen molar-refractivity contribution in [1.82, 2.24) is 4.57 Å². The molecule has 1 aromatic heterocycles. The number of nitrogens with two attached hydrogens (primary N) is 1. The van der Waals surface area contributed by atoms with Crippen LogP contribution in [0.1, 0.15) is 36.8 Å². The molecular weight excluding hydrogens is 330 g/mol. The second-order valence-corrected chi connectivity index (χ2v) is 6.53. The molecule has 0 saturated carbocycles. The second kappa shape index (κ2) is 4.55. The maximum atomic E-state index is 14.1. The summed E-state index contributed by atoms with van der Waals surface area (Å²) >= 11 is 3.05. The van der Waals surface area contributed by atoms with Crippen molar-refractivity contribution in [3.05, 3.63) is 33.4 Å². The standard InChI is InChI=1S/C14H15BrF2N2O/c1-6-5-7-9(15)11(17)10(16)8(13(18)20)12(7)19(6)14(2,3)4/h5H,1-4H3,(H2,18,20). The summed E-state index contributed by atoms with van der Waals surface area (Å²) in [6, 6.07) is 1.71. The van der Waals surface area contributed by atoms with Crippen LogP contribution in [0, 0.1) is 18.6 Å². The number of fused-ring (bicyclic) bond motifs is 1. The van der Waals surface area contributed by atoms with Gasteiger partial charge in [-0.1, -0.05) is 0 Å². The Morgan fingerprint density at radius 3 is 2.30 bits per heavy atom. The van der Waals surface area contributed by atoms with Gasteiger partial charge in [0.05, 0.1) is 9.99 Å². The lowest BCUT2D eigenvalue weighted by Crippen LogP contribution is -2.25. The number of carbonyl (C=O) groups is 1. The molecule has 0 fully saturated rings. The average molecular weight is 345 g/mol. The molecule has 0 saturated heterocycles. The van der Waals surface area contributed by atoms with Crippen LogP contribution in [0.15, 0.2) is 10.5 Å². The van der Waals surface area contributed by atoms with Crippen LogP contribution in [0.4, 0.5) is 8.78 Å². The summed E-state index contributed by atoms with van der Waals surface area (Å²) in [5.41, 5.74) is 5.54. The van der Waals surface area contributed by atoms with Gasteiger partial charge in [-0.15, -0.1) is 0 Å². The van der Waals surface area contributed by atoms with Crippen LogP contribution < -0.4 is 5.73 Å². The fourth-order valence-corrected chi connectivity index (χ4v) is 3.05. The quantitative estimate of drug-likeness (QED) is 0.785. The predicted octanol–water partition coefficient (Wildman–Crippen LogP) is 3.84. The van der Waals surface area contributed by atoms with E-state index in [0.717, 1.165) is 5.69 Å². The number of aryl methyl sites for hydroxylation is 1. The number of nitrogens with zero attached hydrogens (tertiary/aromatic N) is 1. The minimum atomic E-state index is -1.22. The van der Waals surface area contributed by atoms with Gasteiger partial charge in [-0.2, -0.15) is 0 Å². The summed E-state index contributed by atoms with van der Waals surface area (Å²) in [7, 11) is 0. The van der Waals surface area contributed by atoms with E-state index in [1.165, 1.54) is 0 Å². The summed E-state index contributed by atoms with van der Waals surface area (Å²) < 4.78 is 29.8. The first-order valence-corrected chi connectivity index (χ1v) is 6.85. The van der Waals surface area contributed by atoms with E-state index in [2.05, 4.69) is 15.9 Å². The largest absolute Gasteiger partial charge is 0.365 e. The van der Waals surface area contributed by atoms with E-state index >= 15 is 0 Å². The van der Waals surface area contributed by atoms with Crippen molar-refractivity contribution >= 4 is 32.7 Å². The van der Waals surface area contributed by atoms with Gasteiger partial charge in [0, 0.05) is 16.6 Å². The summed E-state index contributed by atoms with van der Waals surface area (Å²) in [6.45, 7) is 7.57. The third-order valence-corrected chi connectivity index (χ3v) is 3.96. The Bertz CT molecular complexity index is 729. The van der Waals surface area contributed by atoms with Crippen molar-refractivity contribution in [1.29, 1.82) is 0 Å². The summed E-state index contributed by atoms with van der Waals surface area (Å²) in [5.74, 6) is -3.31. The highest BCUT2D eigenvalue weighted by Crippen LogP contribution is 2.37. The average Bonchev–Trinajstić information content (AvgIpc) is 2.63. The molecule has 20 heavy (non-hydrogen) atoms. The van der Waals surface area contributed by atoms with Crippen LogP contribution in [0.3, 0.4) is 0 Å². The van der Waals surface area contributed by atoms with Gasteiger partial charge in [0.2, 0.25) is 0 Å². The molecule has 2 N–H and O–H groups in total. The number of halogens is 3. The molecule has 6 heteroatoms. The van der Waals surface area contributed by atoms with Crippen molar-refractivity contribution in [3.8, 4) is 0 Å². The van der Waals surface area contributed by atoms with E-state index in [0.29, 0.717) is 10.9 Å². The Morgan fingerprint density at radius 2 is 1.85 bits per heavy atom. The maximum Gasteiger partial charge on any atom is 0.253 e. The fourth-order valence-electron chi connectivity index (χ4n) is 2.57. The number of aromatic nitrogens is 1. The fraction of sp³-hybridized carbons (Fsp3) is 0.357. The van der Waals surface area contributed by atoms with E-state index in [4.69, 9.17) is 5.73 Å². The zero-order chi connectivity index (χ0) is 15.4. The number of primary amides is 1. The zero-order valence-electron chi connectivity index (χ0n) is 11.6. The normalized spacial score (nSPS) is 12.2. The summed E-state index contributed by atoms with van der Waals surface area (Å²) in [5, 5.41) is 0.435. The lowest BCUT2D eigenvalue weighted by Gasteiger charge is -2.26. The molecule has 2 rings (SSSR count). The van der Waals surface area contributed by atoms with E-state index in [1.807, 2.05) is 27.7 Å². The van der Waals surface area contributed by atoms with Crippen LogP contribution >= 0.6 is 15.9 Å². The molecule has 1 amide bonds. The predicted molar refractivity (Wildman–Crippen MR) is 77.8 cm³/mol. The van der Waals surface area contributed by atoms with E-state index in [-0.39, 0.29) is 4.47 Å². The van der Waals surface area contributed by atoms with E-state index < -0.39 is 28.6 Å². The Morgan fingerprint density at radius 1 is 1.30 bits per heavy atom. The number of hydrogen-bond donors (Lipinski definition) is 1. The highest BCUT2D eigenvalue weighted by Gasteiger charge is 2.28. The first kappa shape index (κ1) is 15.0. The highest BCUT2D eigenvalue weighted by atomic mass is 79.9. The Hall–Kier alpha value is -1.43. The van der Waals surface area contributed by atoms with Gasteiger partial charge in [-0.05, 0) is 49.7 Å². The van der Waals surface area contributed by atoms with Crippen LogP contribution in [-0.4, -0.2) is 10.5 Å². The Kier molecular flexibility index (Phi) is 3.40. The first-order valence-electron chi connectivity index (χ1n) is 6.06. The topological polar surface area (TPSA) is 48.0 Å². The van der Waals surface area contributed by atoms with Gasteiger partial charge in [0.1, 0.15) is 5.56 Å². The van der Waals surface area contributed by atoms with E-state index in [1.54, 1.807) is 10.6 Å². The molecule has 0 aliphatic heterocycles. The van der Waals surface area contributed by atoms with Gasteiger partial charge in [0.15, 0.2) is 11.6 Å². The molecule has 1 heterocycles. The number of amides is 1. The highest BCUT2D eigenvalue weighted by molar-refractivity contribution is 9.10. The van der Waals surface area contributed by atoms with E-state index in [9.17, 15) is 13.6 Å². The van der Waals surface area contributed by atoms with Gasteiger partial charge in [-0.3, -0.25) is 4.79 Å². The molecule has 2 aromatic rings. The second-order valence-electron chi connectivity index (χ2n) is 5.74. The van der Waals surface area contributed by atoms with Crippen molar-refractivity contribution in [3.63, 3.8) is 0 Å². The molecule has 0 aliphatic carbocycles. The third kappa shape index (κ3) is 2.02. The van der Waals surface area contributed by atoms with Crippen LogP contribution in [-0.2, 0) is 5.54 Å². The number of benzene rings is 1. The molecule has 0 bridgehead atoms. The number of rotatable bonds is 1. The third-order valence-electron chi connectivity index (χ3n) is 3.18. The molecule has 3 nitrogen and oxygen atoms in total. The SMILES string of the molecule is Cc1cc2c(Br)c(F)c(F)c(C(N)=O)c2n1C(C)(C)C. The molecule has 108 valence electrons. The first-order chi connectivity index (χ1) is 9.07. The van der Waals surface area contributed by atoms with Gasteiger partial charge in [-0.25, -0.2) is 8.78 Å². The molecule has 1 aromatic carbocycles. The maximum absolute atomic E-state index is 14.1. The lowest BCUT2D eigenvalue weighted by atomic mass is 10.1. The minimum Gasteiger partial charge on any atom is -0.365 e. The molecule has 0 unspecified atom stereocenters. The molecule has 0 radical (unpaired) electrons. The minimum absolute atomic E-state index is 0.00102. The van der Waals surface area contributed by atoms with Crippen molar-refractivity contribution < 1.29 is 13.6 Å². The van der Waals surface area contributed by atoms with Gasteiger partial charge in [0.25, 0.3) is 5.91 Å². The van der Waals surface area contributed by atoms with Crippen molar-refractivity contribution in [2.75, 3.05) is 0 Å². The number of carbonyl (C=O) groups excluding carboxylic acids is 1. The zero-order valence-corrected chi connectivity index (χ0v) is 13.2. The molecule has 0 spiro atoms. The summed E-state index contributed by atoms with van der Waals surface area (Å²) in [6.07, 6.45) is 0. The molecule has 0 aliphatic rings. The number of hydrogen-bond acceptors (Lipinski definition) is 1. The Labute approximate surface area is 123 Å². The van der Waals surface area contributed by atoms with Crippen LogP contribution in [0.5, 0.6) is 0 Å². The summed E-state index contributed by atoms with van der Waals surface area (Å²) in [4.78, 5) is 11.6. The van der Waals surface area contributed by atoms with Gasteiger partial charge < -0.3 is 10.3 Å². The van der Waals surface area contributed by atoms with Gasteiger partial charge >= 0.3 is 0 Å². The smallest absolute Gasteiger partial charge is 0.253 e. The molecular formula is C14H15BrF2N2O. The monoisotopic (exact) mass is 344 g/mol. The van der Waals surface area contributed by atoms with Crippen LogP contribution in [0.2, 0.25) is 0 Å². The van der Waals surface area contributed by atoms with Crippen molar-refractivity contribution in [2.45, 2.75) is 33.2 Å². The lowest BCUT2D eigenvalue weighted by molar-refractivity contribution is 0.0996. The van der Waals surface area contributed by atoms with Crippen LogP contribution in [0.25, 0.3) is 10.9 Å².